The number of nitrogens with one attached hydrogen (secondary N) is 1. The molecule has 0 aromatic heterocycles. The minimum atomic E-state index is -0.934. The van der Waals surface area contributed by atoms with Crippen LogP contribution in [0.5, 0.6) is 0 Å². The van der Waals surface area contributed by atoms with Gasteiger partial charge >= 0.3 is 5.97 Å². The second kappa shape index (κ2) is 5.69. The van der Waals surface area contributed by atoms with E-state index in [4.69, 9.17) is 16.7 Å². The van der Waals surface area contributed by atoms with Crippen molar-refractivity contribution in [2.45, 2.75) is 19.3 Å². The van der Waals surface area contributed by atoms with Gasteiger partial charge in [-0.2, -0.15) is 0 Å². The highest BCUT2D eigenvalue weighted by atomic mass is 35.5. The van der Waals surface area contributed by atoms with Crippen molar-refractivity contribution in [1.82, 2.24) is 5.32 Å². The zero-order valence-corrected chi connectivity index (χ0v) is 11.7. The molecule has 0 spiro atoms. The summed E-state index contributed by atoms with van der Waals surface area (Å²) in [7, 11) is 0. The topological polar surface area (TPSA) is 110 Å². The largest absolute Gasteiger partial charge is 0.481 e. The van der Waals surface area contributed by atoms with Gasteiger partial charge < -0.3 is 10.4 Å². The van der Waals surface area contributed by atoms with Gasteiger partial charge in [-0.3, -0.25) is 19.7 Å². The molecule has 0 atom stereocenters. The molecule has 0 unspecified atom stereocenters. The van der Waals surface area contributed by atoms with Gasteiger partial charge in [-0.05, 0) is 25.0 Å². The normalized spacial score (nSPS) is 15.9. The second-order valence-electron chi connectivity index (χ2n) is 5.05. The van der Waals surface area contributed by atoms with Crippen molar-refractivity contribution in [3.8, 4) is 0 Å². The number of carbonyl (C=O) groups is 2. The number of halogens is 1. The summed E-state index contributed by atoms with van der Waals surface area (Å²) in [6, 6.07) is 3.70. The molecule has 1 aromatic rings. The van der Waals surface area contributed by atoms with Crippen LogP contribution in [-0.4, -0.2) is 28.5 Å². The summed E-state index contributed by atoms with van der Waals surface area (Å²) in [5, 5.41) is 22.4. The molecule has 8 heteroatoms. The van der Waals surface area contributed by atoms with Crippen LogP contribution in [0.1, 0.15) is 29.6 Å². The molecule has 1 amide bonds. The third kappa shape index (κ3) is 2.97. The summed E-state index contributed by atoms with van der Waals surface area (Å²) in [4.78, 5) is 33.2. The first-order valence-electron chi connectivity index (χ1n) is 6.31. The van der Waals surface area contributed by atoms with Crippen molar-refractivity contribution in [2.24, 2.45) is 5.41 Å². The summed E-state index contributed by atoms with van der Waals surface area (Å²) in [6.07, 6.45) is 1.85. The fourth-order valence-electron chi connectivity index (χ4n) is 2.22. The van der Waals surface area contributed by atoms with Crippen LogP contribution in [0.3, 0.4) is 0 Å². The number of hydrogen-bond acceptors (Lipinski definition) is 4. The van der Waals surface area contributed by atoms with Gasteiger partial charge in [0, 0.05) is 18.2 Å². The minimum Gasteiger partial charge on any atom is -0.481 e. The highest BCUT2D eigenvalue weighted by molar-refractivity contribution is 6.32. The second-order valence-corrected chi connectivity index (χ2v) is 5.45. The lowest BCUT2D eigenvalue weighted by Crippen LogP contribution is -2.47. The van der Waals surface area contributed by atoms with Crippen LogP contribution in [0.15, 0.2) is 18.2 Å². The molecule has 1 aliphatic rings. The van der Waals surface area contributed by atoms with Gasteiger partial charge in [-0.25, -0.2) is 0 Å². The van der Waals surface area contributed by atoms with Crippen LogP contribution in [0.4, 0.5) is 5.69 Å². The summed E-state index contributed by atoms with van der Waals surface area (Å²) in [6.45, 7) is 0.0115. The third-order valence-electron chi connectivity index (χ3n) is 3.76. The number of benzene rings is 1. The van der Waals surface area contributed by atoms with Gasteiger partial charge in [0.2, 0.25) is 0 Å². The maximum absolute atomic E-state index is 12.0. The monoisotopic (exact) mass is 312 g/mol. The first-order chi connectivity index (χ1) is 9.85. The first kappa shape index (κ1) is 15.2. The van der Waals surface area contributed by atoms with Gasteiger partial charge in [0.25, 0.3) is 11.6 Å². The number of rotatable bonds is 5. The fourth-order valence-corrected chi connectivity index (χ4v) is 2.40. The van der Waals surface area contributed by atoms with Crippen molar-refractivity contribution < 1.29 is 19.6 Å². The van der Waals surface area contributed by atoms with Crippen LogP contribution < -0.4 is 5.32 Å². The Balaban J connectivity index is 2.09. The van der Waals surface area contributed by atoms with E-state index in [1.54, 1.807) is 0 Å². The maximum Gasteiger partial charge on any atom is 0.311 e. The van der Waals surface area contributed by atoms with Crippen LogP contribution >= 0.6 is 11.6 Å². The highest BCUT2D eigenvalue weighted by Crippen LogP contribution is 2.40. The minimum absolute atomic E-state index is 0.0115. The Bertz CT molecular complexity index is 613. The number of carboxylic acids is 1. The van der Waals surface area contributed by atoms with E-state index >= 15 is 0 Å². The number of nitro benzene ring substituents is 1. The molecule has 1 aliphatic carbocycles. The van der Waals surface area contributed by atoms with Crippen molar-refractivity contribution >= 4 is 29.2 Å². The number of nitrogens with zero attached hydrogens (tertiary/aromatic N) is 1. The highest BCUT2D eigenvalue weighted by Gasteiger charge is 2.44. The summed E-state index contributed by atoms with van der Waals surface area (Å²) in [5.41, 5.74) is -1.19. The average molecular weight is 313 g/mol. The maximum atomic E-state index is 12.0. The quantitative estimate of drug-likeness (QED) is 0.640. The molecule has 21 heavy (non-hydrogen) atoms. The van der Waals surface area contributed by atoms with Crippen LogP contribution in [0, 0.1) is 15.5 Å². The molecule has 2 N–H and O–H groups in total. The van der Waals surface area contributed by atoms with Gasteiger partial charge in [0.15, 0.2) is 0 Å². The molecule has 0 heterocycles. The predicted molar refractivity (Wildman–Crippen MR) is 74.4 cm³/mol. The molecule has 1 aromatic carbocycles. The molecular weight excluding hydrogens is 300 g/mol. The number of aliphatic carboxylic acids is 1. The Morgan fingerprint density at radius 1 is 1.43 bits per heavy atom. The lowest BCUT2D eigenvalue weighted by molar-refractivity contribution is -0.384. The number of amides is 1. The van der Waals surface area contributed by atoms with E-state index in [-0.39, 0.29) is 22.8 Å². The molecule has 1 saturated carbocycles. The number of nitro groups is 1. The van der Waals surface area contributed by atoms with E-state index in [1.165, 1.54) is 12.1 Å². The van der Waals surface area contributed by atoms with E-state index in [0.29, 0.717) is 12.8 Å². The molecule has 1 fully saturated rings. The fraction of sp³-hybridized carbons (Fsp3) is 0.385. The first-order valence-corrected chi connectivity index (χ1v) is 6.69. The van der Waals surface area contributed by atoms with Crippen LogP contribution in [0.25, 0.3) is 0 Å². The van der Waals surface area contributed by atoms with E-state index in [0.717, 1.165) is 12.5 Å². The summed E-state index contributed by atoms with van der Waals surface area (Å²) < 4.78 is 0. The van der Waals surface area contributed by atoms with Crippen molar-refractivity contribution in [1.29, 1.82) is 0 Å². The van der Waals surface area contributed by atoms with Crippen molar-refractivity contribution in [2.75, 3.05) is 6.54 Å². The molecule has 7 nitrogen and oxygen atoms in total. The molecule has 0 bridgehead atoms. The van der Waals surface area contributed by atoms with Crippen molar-refractivity contribution in [3.05, 3.63) is 38.9 Å². The molecule has 0 radical (unpaired) electrons. The summed E-state index contributed by atoms with van der Waals surface area (Å²) >= 11 is 5.67. The number of hydrogen-bond donors (Lipinski definition) is 2. The Kier molecular flexibility index (Phi) is 4.13. The lowest BCUT2D eigenvalue weighted by atomic mass is 9.69. The van der Waals surface area contributed by atoms with Gasteiger partial charge in [0.1, 0.15) is 5.02 Å². The smallest absolute Gasteiger partial charge is 0.311 e. The number of carbonyl (C=O) groups excluding carboxylic acids is 1. The summed E-state index contributed by atoms with van der Waals surface area (Å²) in [5.74, 6) is -1.49. The zero-order valence-electron chi connectivity index (χ0n) is 11.0. The van der Waals surface area contributed by atoms with E-state index in [1.807, 2.05) is 0 Å². The third-order valence-corrected chi connectivity index (χ3v) is 4.08. The lowest BCUT2D eigenvalue weighted by Gasteiger charge is -2.37. The average Bonchev–Trinajstić information content (AvgIpc) is 2.36. The molecule has 0 saturated heterocycles. The van der Waals surface area contributed by atoms with Crippen molar-refractivity contribution in [3.63, 3.8) is 0 Å². The van der Waals surface area contributed by atoms with E-state index in [9.17, 15) is 19.7 Å². The SMILES string of the molecule is O=C(NCC1(C(=O)O)CCC1)c1ccc(Cl)c([N+](=O)[O-])c1. The molecule has 0 aliphatic heterocycles. The molecule has 112 valence electrons. The molecular formula is C13H13ClN2O5. The van der Waals surface area contributed by atoms with Gasteiger partial charge in [-0.1, -0.05) is 18.0 Å². The van der Waals surface area contributed by atoms with E-state index in [2.05, 4.69) is 5.32 Å². The van der Waals surface area contributed by atoms with Gasteiger partial charge in [-0.15, -0.1) is 0 Å². The molecule has 2 rings (SSSR count). The Labute approximate surface area is 125 Å². The standard InChI is InChI=1S/C13H13ClN2O5/c14-9-3-2-8(6-10(9)16(20)21)11(17)15-7-13(12(18)19)4-1-5-13/h2-3,6H,1,4-5,7H2,(H,15,17)(H,18,19). The van der Waals surface area contributed by atoms with Gasteiger partial charge in [0.05, 0.1) is 10.3 Å². The van der Waals surface area contributed by atoms with E-state index < -0.39 is 22.2 Å². The zero-order chi connectivity index (χ0) is 15.6. The predicted octanol–water partition coefficient (Wildman–Crippen LogP) is 2.23. The van der Waals surface area contributed by atoms with Crippen LogP contribution in [-0.2, 0) is 4.79 Å². The Hall–Kier alpha value is -2.15. The Morgan fingerprint density at radius 2 is 2.10 bits per heavy atom. The van der Waals surface area contributed by atoms with Crippen LogP contribution in [0.2, 0.25) is 5.02 Å². The Morgan fingerprint density at radius 3 is 2.57 bits per heavy atom. The number of carboxylic acid groups (broad SMARTS) is 1.